The van der Waals surface area contributed by atoms with Gasteiger partial charge in [0.1, 0.15) is 6.10 Å². The van der Waals surface area contributed by atoms with Crippen LogP contribution in [0.4, 0.5) is 10.5 Å². The molecule has 2 unspecified atom stereocenters. The van der Waals surface area contributed by atoms with Gasteiger partial charge in [-0.25, -0.2) is 4.79 Å². The van der Waals surface area contributed by atoms with Crippen molar-refractivity contribution in [1.82, 2.24) is 5.32 Å². The monoisotopic (exact) mass is 523 g/mol. The third kappa shape index (κ3) is 6.40. The average Bonchev–Trinajstić information content (AvgIpc) is 3.48. The van der Waals surface area contributed by atoms with Gasteiger partial charge >= 0.3 is 6.09 Å². The lowest BCUT2D eigenvalue weighted by atomic mass is 10.00. The van der Waals surface area contributed by atoms with Crippen LogP contribution in [0.1, 0.15) is 39.7 Å². The summed E-state index contributed by atoms with van der Waals surface area (Å²) in [6, 6.07) is 16.1. The zero-order chi connectivity index (χ0) is 26.8. The number of nitrogens with zero attached hydrogens (tertiary/aromatic N) is 2. The van der Waals surface area contributed by atoms with Crippen LogP contribution in [0.3, 0.4) is 0 Å². The van der Waals surface area contributed by atoms with Gasteiger partial charge in [-0.3, -0.25) is 9.69 Å². The summed E-state index contributed by atoms with van der Waals surface area (Å²) in [5.41, 5.74) is 4.86. The molecule has 0 spiro atoms. The van der Waals surface area contributed by atoms with Gasteiger partial charge in [-0.1, -0.05) is 62.3 Å². The third-order valence-corrected chi connectivity index (χ3v) is 11.9. The van der Waals surface area contributed by atoms with Gasteiger partial charge in [-0.2, -0.15) is 0 Å². The fraction of sp³-hybridized carbons (Fsp3) is 0.464. The number of cyclic esters (lactones) is 1. The van der Waals surface area contributed by atoms with Gasteiger partial charge in [0.25, 0.3) is 0 Å². The van der Waals surface area contributed by atoms with Crippen LogP contribution in [0, 0.1) is 0 Å². The van der Waals surface area contributed by atoms with E-state index in [2.05, 4.69) is 68.6 Å². The van der Waals surface area contributed by atoms with E-state index in [1.54, 1.807) is 4.90 Å². The molecule has 0 bridgehead atoms. The normalized spacial score (nSPS) is 19.9. The van der Waals surface area contributed by atoms with Gasteiger partial charge < -0.3 is 19.3 Å². The zero-order valence-electron chi connectivity index (χ0n) is 22.5. The fourth-order valence-electron chi connectivity index (χ4n) is 3.99. The van der Waals surface area contributed by atoms with E-state index in [0.717, 1.165) is 34.5 Å². The van der Waals surface area contributed by atoms with Crippen molar-refractivity contribution in [1.29, 1.82) is 0 Å². The number of anilines is 1. The maximum atomic E-state index is 12.3. The molecule has 198 valence electrons. The van der Waals surface area contributed by atoms with E-state index >= 15 is 0 Å². The summed E-state index contributed by atoms with van der Waals surface area (Å²) in [5, 5.41) is 7.18. The van der Waals surface area contributed by atoms with Gasteiger partial charge in [0.2, 0.25) is 5.91 Å². The predicted octanol–water partition coefficient (Wildman–Crippen LogP) is 5.33. The Hall–Kier alpha value is -3.17. The van der Waals surface area contributed by atoms with Gasteiger partial charge in [0.05, 0.1) is 25.4 Å². The Morgan fingerprint density at radius 3 is 2.24 bits per heavy atom. The molecule has 8 nitrogen and oxygen atoms in total. The van der Waals surface area contributed by atoms with Crippen molar-refractivity contribution < 1.29 is 23.6 Å². The standard InChI is InChI=1S/C28H37N3O5Si/c1-19(32)29-16-25-17-31(27(33)35-25)23-13-11-21(12-14-23)20-7-9-22(10-8-20)26-15-24(36-30-26)18-34-37(5,6)28(2,3)4/h7-14,24-25H,15-18H2,1-6H3,(H,29,32). The number of nitrogens with one attached hydrogen (secondary N) is 1. The minimum atomic E-state index is -1.82. The van der Waals surface area contributed by atoms with Crippen LogP contribution in [0.2, 0.25) is 18.1 Å². The van der Waals surface area contributed by atoms with Crippen molar-refractivity contribution in [3.63, 3.8) is 0 Å². The number of carbonyl (C=O) groups excluding carboxylic acids is 2. The van der Waals surface area contributed by atoms with E-state index in [1.807, 2.05) is 24.3 Å². The molecular formula is C28H37N3O5Si. The highest BCUT2D eigenvalue weighted by Gasteiger charge is 2.38. The topological polar surface area (TPSA) is 89.5 Å². The number of oxime groups is 1. The Balaban J connectivity index is 1.33. The largest absolute Gasteiger partial charge is 0.442 e. The Bertz CT molecular complexity index is 1160. The van der Waals surface area contributed by atoms with Crippen molar-refractivity contribution in [2.24, 2.45) is 5.16 Å². The number of rotatable bonds is 8. The first-order chi connectivity index (χ1) is 17.4. The number of ether oxygens (including phenoxy) is 1. The summed E-state index contributed by atoms with van der Waals surface area (Å²) < 4.78 is 11.7. The molecule has 0 aliphatic carbocycles. The first-order valence-electron chi connectivity index (χ1n) is 12.7. The van der Waals surface area contributed by atoms with Crippen LogP contribution in [0.5, 0.6) is 0 Å². The molecule has 1 N–H and O–H groups in total. The molecule has 2 atom stereocenters. The molecule has 1 saturated heterocycles. The molecule has 2 aliphatic rings. The van der Waals surface area contributed by atoms with Crippen LogP contribution < -0.4 is 10.2 Å². The van der Waals surface area contributed by atoms with E-state index in [4.69, 9.17) is 14.0 Å². The van der Waals surface area contributed by atoms with Gasteiger partial charge in [-0.15, -0.1) is 0 Å². The summed E-state index contributed by atoms with van der Waals surface area (Å²) >= 11 is 0. The Morgan fingerprint density at radius 2 is 1.65 bits per heavy atom. The second kappa shape index (κ2) is 10.7. The molecule has 2 aromatic rings. The quantitative estimate of drug-likeness (QED) is 0.473. The summed E-state index contributed by atoms with van der Waals surface area (Å²) in [7, 11) is -1.82. The predicted molar refractivity (Wildman–Crippen MR) is 147 cm³/mol. The highest BCUT2D eigenvalue weighted by molar-refractivity contribution is 6.74. The molecule has 2 amide bonds. The summed E-state index contributed by atoms with van der Waals surface area (Å²) in [4.78, 5) is 30.6. The molecule has 0 aromatic heterocycles. The average molecular weight is 524 g/mol. The minimum absolute atomic E-state index is 0.0496. The smallest absolute Gasteiger partial charge is 0.414 e. The van der Waals surface area contributed by atoms with Crippen molar-refractivity contribution in [2.45, 2.75) is 64.5 Å². The molecule has 0 radical (unpaired) electrons. The molecule has 9 heteroatoms. The van der Waals surface area contributed by atoms with E-state index in [-0.39, 0.29) is 23.2 Å². The van der Waals surface area contributed by atoms with E-state index in [1.165, 1.54) is 6.92 Å². The molecule has 2 heterocycles. The maximum Gasteiger partial charge on any atom is 0.414 e. The first kappa shape index (κ1) is 26.9. The maximum absolute atomic E-state index is 12.3. The van der Waals surface area contributed by atoms with Crippen molar-refractivity contribution >= 4 is 31.7 Å². The molecule has 37 heavy (non-hydrogen) atoms. The lowest BCUT2D eigenvalue weighted by Crippen LogP contribution is -2.42. The number of benzene rings is 2. The fourth-order valence-corrected chi connectivity index (χ4v) is 5.03. The summed E-state index contributed by atoms with van der Waals surface area (Å²) in [5.74, 6) is -0.145. The van der Waals surface area contributed by atoms with Crippen molar-refractivity contribution in [3.8, 4) is 11.1 Å². The van der Waals surface area contributed by atoms with E-state index < -0.39 is 14.4 Å². The van der Waals surface area contributed by atoms with Gasteiger partial charge in [-0.05, 0) is 47.0 Å². The molecule has 2 aliphatic heterocycles. The molecule has 1 fully saturated rings. The number of amides is 2. The number of hydrogen-bond donors (Lipinski definition) is 1. The molecule has 2 aromatic carbocycles. The van der Waals surface area contributed by atoms with Crippen LogP contribution in [0.25, 0.3) is 11.1 Å². The van der Waals surface area contributed by atoms with Crippen LogP contribution in [0.15, 0.2) is 53.7 Å². The Labute approximate surface area is 220 Å². The summed E-state index contributed by atoms with van der Waals surface area (Å²) in [6.07, 6.45) is -0.0758. The van der Waals surface area contributed by atoms with Crippen LogP contribution >= 0.6 is 0 Å². The molecule has 4 rings (SSSR count). The lowest BCUT2D eigenvalue weighted by molar-refractivity contribution is -0.119. The Morgan fingerprint density at radius 1 is 1.05 bits per heavy atom. The third-order valence-electron chi connectivity index (χ3n) is 7.35. The van der Waals surface area contributed by atoms with E-state index in [0.29, 0.717) is 19.7 Å². The highest BCUT2D eigenvalue weighted by atomic mass is 28.4. The lowest BCUT2D eigenvalue weighted by Gasteiger charge is -2.36. The Kier molecular flexibility index (Phi) is 7.75. The van der Waals surface area contributed by atoms with Crippen LogP contribution in [-0.4, -0.2) is 57.9 Å². The van der Waals surface area contributed by atoms with Crippen LogP contribution in [-0.2, 0) is 18.8 Å². The van der Waals surface area contributed by atoms with Crippen molar-refractivity contribution in [3.05, 3.63) is 54.1 Å². The number of hydrogen-bond acceptors (Lipinski definition) is 6. The van der Waals surface area contributed by atoms with Gasteiger partial charge in [0, 0.05) is 19.0 Å². The molecule has 0 saturated carbocycles. The molecular weight excluding hydrogens is 486 g/mol. The van der Waals surface area contributed by atoms with Crippen molar-refractivity contribution in [2.75, 3.05) is 24.6 Å². The summed E-state index contributed by atoms with van der Waals surface area (Å²) in [6.45, 7) is 13.9. The van der Waals surface area contributed by atoms with Gasteiger partial charge in [0.15, 0.2) is 14.4 Å². The van der Waals surface area contributed by atoms with E-state index in [9.17, 15) is 9.59 Å². The highest BCUT2D eigenvalue weighted by Crippen LogP contribution is 2.37. The zero-order valence-corrected chi connectivity index (χ0v) is 23.5. The second-order valence-corrected chi connectivity index (χ2v) is 16.0. The first-order valence-corrected chi connectivity index (χ1v) is 15.6. The SMILES string of the molecule is CC(=O)NCC1CN(c2ccc(-c3ccc(C4=NOC(CO[Si](C)(C)C(C)(C)C)C4)cc3)cc2)C(=O)O1. The number of carbonyl (C=O) groups is 2. The minimum Gasteiger partial charge on any atom is -0.442 e. The second-order valence-electron chi connectivity index (χ2n) is 11.2.